The van der Waals surface area contributed by atoms with E-state index in [9.17, 15) is 13.9 Å². The predicted molar refractivity (Wildman–Crippen MR) is 72.0 cm³/mol. The van der Waals surface area contributed by atoms with E-state index in [0.717, 1.165) is 25.7 Å². The first kappa shape index (κ1) is 19.8. The topological polar surface area (TPSA) is 141 Å². The Kier molecular flexibility index (Phi) is 7.60. The summed E-state index contributed by atoms with van der Waals surface area (Å²) in [5.41, 5.74) is 0. The molecule has 0 fully saturated rings. The molecule has 0 aromatic carbocycles. The summed E-state index contributed by atoms with van der Waals surface area (Å²) in [6, 6.07) is 0. The molecule has 0 radical (unpaired) electrons. The number of esters is 1. The van der Waals surface area contributed by atoms with Crippen molar-refractivity contribution in [2.24, 2.45) is 0 Å². The van der Waals surface area contributed by atoms with E-state index in [1.165, 1.54) is 0 Å². The van der Waals surface area contributed by atoms with E-state index in [-0.39, 0.29) is 6.42 Å². The molecular weight excluding hydrogens is 310 g/mol. The summed E-state index contributed by atoms with van der Waals surface area (Å²) >= 11 is 0. The highest BCUT2D eigenvalue weighted by molar-refractivity contribution is 7.72. The molecule has 0 heterocycles. The van der Waals surface area contributed by atoms with E-state index >= 15 is 0 Å². The molecule has 4 N–H and O–H groups in total. The van der Waals surface area contributed by atoms with Crippen molar-refractivity contribution in [3.63, 3.8) is 0 Å². The summed E-state index contributed by atoms with van der Waals surface area (Å²) in [6.07, 6.45) is 4.00. The molecule has 0 atom stereocenters. The van der Waals surface area contributed by atoms with Crippen LogP contribution < -0.4 is 0 Å². The smallest absolute Gasteiger partial charge is 0.381 e. The van der Waals surface area contributed by atoms with Crippen molar-refractivity contribution in [1.82, 2.24) is 0 Å². The van der Waals surface area contributed by atoms with Gasteiger partial charge in [0.1, 0.15) is 0 Å². The fourth-order valence-corrected chi connectivity index (χ4v) is 3.23. The quantitative estimate of drug-likeness (QED) is 0.285. The van der Waals surface area contributed by atoms with Gasteiger partial charge in [-0.2, -0.15) is 0 Å². The Morgan fingerprint density at radius 2 is 1.45 bits per heavy atom. The first-order valence-corrected chi connectivity index (χ1v) is 9.51. The number of ether oxygens (including phenoxy) is 1. The molecule has 0 aromatic heterocycles. The van der Waals surface area contributed by atoms with E-state index in [1.807, 2.05) is 6.92 Å². The fraction of sp³-hybridized carbons (Fsp3) is 0.900. The lowest BCUT2D eigenvalue weighted by molar-refractivity contribution is -0.148. The third-order valence-corrected chi connectivity index (χ3v) is 6.78. The highest BCUT2D eigenvalue weighted by Gasteiger charge is 2.60. The van der Waals surface area contributed by atoms with Crippen LogP contribution in [0, 0.1) is 0 Å². The van der Waals surface area contributed by atoms with E-state index in [0.29, 0.717) is 13.3 Å². The monoisotopic (exact) mass is 332 g/mol. The van der Waals surface area contributed by atoms with Crippen molar-refractivity contribution in [1.29, 1.82) is 0 Å². The van der Waals surface area contributed by atoms with Gasteiger partial charge >= 0.3 is 26.2 Å². The number of unbranched alkanes of at least 4 members (excludes halogenated alkanes) is 4. The summed E-state index contributed by atoms with van der Waals surface area (Å²) in [5, 5.41) is -3.12. The normalized spacial score (nSPS) is 13.3. The second-order valence-electron chi connectivity index (χ2n) is 4.66. The van der Waals surface area contributed by atoms with Crippen LogP contribution in [-0.4, -0.2) is 30.6 Å². The van der Waals surface area contributed by atoms with Crippen LogP contribution in [0.1, 0.15) is 52.4 Å². The highest BCUT2D eigenvalue weighted by atomic mass is 31.2. The van der Waals surface area contributed by atoms with Crippen LogP contribution >= 0.6 is 15.2 Å². The maximum atomic E-state index is 11.5. The van der Waals surface area contributed by atoms with Gasteiger partial charge in [0.2, 0.25) is 0 Å². The summed E-state index contributed by atoms with van der Waals surface area (Å²) in [4.78, 5) is 47.5. The molecular formula is C10H22O8P2. The van der Waals surface area contributed by atoms with Crippen LogP contribution in [0.15, 0.2) is 0 Å². The Bertz CT molecular complexity index is 387. The minimum Gasteiger partial charge on any atom is -0.433 e. The predicted octanol–water partition coefficient (Wildman–Crippen LogP) is 1.92. The molecule has 0 spiro atoms. The summed E-state index contributed by atoms with van der Waals surface area (Å²) in [6.45, 7) is 2.57. The van der Waals surface area contributed by atoms with Crippen LogP contribution in [0.25, 0.3) is 0 Å². The Morgan fingerprint density at radius 3 is 1.85 bits per heavy atom. The van der Waals surface area contributed by atoms with Gasteiger partial charge in [0, 0.05) is 6.42 Å². The van der Waals surface area contributed by atoms with Gasteiger partial charge in [-0.05, 0) is 13.3 Å². The molecule has 120 valence electrons. The van der Waals surface area contributed by atoms with Gasteiger partial charge in [-0.1, -0.05) is 32.6 Å². The Balaban J connectivity index is 4.60. The first-order chi connectivity index (χ1) is 8.95. The molecule has 0 rings (SSSR count). The van der Waals surface area contributed by atoms with E-state index in [1.54, 1.807) is 0 Å². The summed E-state index contributed by atoms with van der Waals surface area (Å²) in [5.74, 6) is -1.03. The molecule has 0 aromatic rings. The summed E-state index contributed by atoms with van der Waals surface area (Å²) in [7, 11) is -10.6. The molecule has 10 heteroatoms. The van der Waals surface area contributed by atoms with Gasteiger partial charge in [0.15, 0.2) is 0 Å². The fourth-order valence-electron chi connectivity index (χ4n) is 1.43. The third-order valence-electron chi connectivity index (χ3n) is 2.87. The zero-order valence-corrected chi connectivity index (χ0v) is 13.3. The molecule has 0 aliphatic carbocycles. The van der Waals surface area contributed by atoms with Gasteiger partial charge < -0.3 is 24.3 Å². The van der Waals surface area contributed by atoms with Crippen molar-refractivity contribution >= 4 is 21.2 Å². The second-order valence-corrected chi connectivity index (χ2v) is 8.90. The van der Waals surface area contributed by atoms with Crippen molar-refractivity contribution in [2.75, 3.05) is 0 Å². The van der Waals surface area contributed by atoms with E-state index in [2.05, 4.69) is 4.74 Å². The number of hydrogen-bond acceptors (Lipinski definition) is 4. The Morgan fingerprint density at radius 1 is 1.00 bits per heavy atom. The van der Waals surface area contributed by atoms with Crippen LogP contribution in [0.5, 0.6) is 0 Å². The second kappa shape index (κ2) is 7.69. The maximum absolute atomic E-state index is 11.5. The van der Waals surface area contributed by atoms with Crippen LogP contribution in [-0.2, 0) is 18.7 Å². The average molecular weight is 332 g/mol. The number of carbonyl (C=O) groups excluding carboxylic acids is 1. The minimum atomic E-state index is -5.32. The Labute approximate surface area is 117 Å². The van der Waals surface area contributed by atoms with Gasteiger partial charge in [-0.25, -0.2) is 0 Å². The molecule has 20 heavy (non-hydrogen) atoms. The lowest BCUT2D eigenvalue weighted by atomic mass is 10.1. The first-order valence-electron chi connectivity index (χ1n) is 6.29. The molecule has 0 aliphatic rings. The van der Waals surface area contributed by atoms with Gasteiger partial charge in [0.25, 0.3) is 0 Å². The summed E-state index contributed by atoms with van der Waals surface area (Å²) < 4.78 is 26.8. The van der Waals surface area contributed by atoms with Crippen molar-refractivity contribution in [3.8, 4) is 0 Å². The van der Waals surface area contributed by atoms with Crippen molar-refractivity contribution < 1.29 is 38.2 Å². The minimum absolute atomic E-state index is 0.140. The molecule has 0 saturated carbocycles. The van der Waals surface area contributed by atoms with E-state index in [4.69, 9.17) is 19.6 Å². The standard InChI is InChI=1S/C10H22O8P2/c1-3-4-5-6-7-8-9(11)18-10(2,19(12,13)14)20(15,16)17/h3-8H2,1-2H3,(H2,12,13,14)(H2,15,16,17). The molecule has 0 aliphatic heterocycles. The van der Waals surface area contributed by atoms with Crippen LogP contribution in [0.2, 0.25) is 0 Å². The largest absolute Gasteiger partial charge is 0.433 e. The van der Waals surface area contributed by atoms with Crippen molar-refractivity contribution in [3.05, 3.63) is 0 Å². The van der Waals surface area contributed by atoms with Crippen LogP contribution in [0.4, 0.5) is 0 Å². The van der Waals surface area contributed by atoms with Crippen LogP contribution in [0.3, 0.4) is 0 Å². The Hall–Kier alpha value is -0.230. The lowest BCUT2D eigenvalue weighted by Crippen LogP contribution is -2.31. The van der Waals surface area contributed by atoms with Gasteiger partial charge in [-0.15, -0.1) is 0 Å². The molecule has 8 nitrogen and oxygen atoms in total. The number of carbonyl (C=O) groups is 1. The zero-order valence-electron chi connectivity index (χ0n) is 11.6. The average Bonchev–Trinajstić information content (AvgIpc) is 2.25. The molecule has 0 bridgehead atoms. The number of rotatable bonds is 9. The number of hydrogen-bond donors (Lipinski definition) is 4. The molecule has 0 amide bonds. The zero-order chi connectivity index (χ0) is 16.0. The SMILES string of the molecule is CCCCCCCC(=O)OC(C)(P(=O)(O)O)P(=O)(O)O. The van der Waals surface area contributed by atoms with Gasteiger partial charge in [-0.3, -0.25) is 13.9 Å². The maximum Gasteiger partial charge on any atom is 0.381 e. The molecule has 0 unspecified atom stereocenters. The van der Waals surface area contributed by atoms with Crippen molar-refractivity contribution in [2.45, 2.75) is 57.5 Å². The lowest BCUT2D eigenvalue weighted by Gasteiger charge is -2.30. The van der Waals surface area contributed by atoms with E-state index < -0.39 is 26.2 Å². The third kappa shape index (κ3) is 5.64. The molecule has 0 saturated heterocycles. The highest BCUT2D eigenvalue weighted by Crippen LogP contribution is 2.69. The van der Waals surface area contributed by atoms with Gasteiger partial charge in [0.05, 0.1) is 0 Å².